The van der Waals surface area contributed by atoms with Crippen molar-refractivity contribution in [2.75, 3.05) is 6.54 Å². The molecule has 15 heavy (non-hydrogen) atoms. The fourth-order valence-corrected chi connectivity index (χ4v) is 4.73. The first-order chi connectivity index (χ1) is 6.97. The third-order valence-corrected chi connectivity index (χ3v) is 4.65. The molecule has 88 valence electrons. The molecule has 2 rings (SSSR count). The molecule has 1 spiro atoms. The van der Waals surface area contributed by atoms with E-state index in [2.05, 4.69) is 33.0 Å². The van der Waals surface area contributed by atoms with E-state index in [0.717, 1.165) is 12.0 Å². The summed E-state index contributed by atoms with van der Waals surface area (Å²) in [5, 5.41) is 3.73. The predicted octanol–water partition coefficient (Wildman–Crippen LogP) is 3.59. The van der Waals surface area contributed by atoms with Gasteiger partial charge in [0, 0.05) is 6.04 Å². The Balaban J connectivity index is 2.19. The highest BCUT2D eigenvalue weighted by Gasteiger charge is 2.48. The Morgan fingerprint density at radius 3 is 2.60 bits per heavy atom. The summed E-state index contributed by atoms with van der Waals surface area (Å²) in [7, 11) is 0. The van der Waals surface area contributed by atoms with Crippen LogP contribution in [-0.4, -0.2) is 12.6 Å². The van der Waals surface area contributed by atoms with Crippen LogP contribution in [0.2, 0.25) is 0 Å². The van der Waals surface area contributed by atoms with E-state index in [0.29, 0.717) is 10.8 Å². The topological polar surface area (TPSA) is 12.0 Å². The second-order valence-corrected chi connectivity index (χ2v) is 6.88. The molecule has 1 saturated carbocycles. The molecule has 0 radical (unpaired) electrons. The summed E-state index contributed by atoms with van der Waals surface area (Å²) in [6, 6.07) is 0.791. The lowest BCUT2D eigenvalue weighted by atomic mass is 9.57. The molecule has 1 heteroatoms. The van der Waals surface area contributed by atoms with Crippen LogP contribution in [0.15, 0.2) is 0 Å². The molecule has 3 atom stereocenters. The highest BCUT2D eigenvalue weighted by molar-refractivity contribution is 5.02. The zero-order valence-electron chi connectivity index (χ0n) is 10.9. The van der Waals surface area contributed by atoms with Crippen LogP contribution in [0.4, 0.5) is 0 Å². The molecule has 2 aliphatic rings. The van der Waals surface area contributed by atoms with Crippen LogP contribution in [0.3, 0.4) is 0 Å². The van der Waals surface area contributed by atoms with Crippen molar-refractivity contribution in [2.45, 2.75) is 65.8 Å². The van der Waals surface area contributed by atoms with Gasteiger partial charge in [0.25, 0.3) is 0 Å². The zero-order valence-corrected chi connectivity index (χ0v) is 10.9. The summed E-state index contributed by atoms with van der Waals surface area (Å²) in [5.74, 6) is 0.919. The molecule has 0 amide bonds. The van der Waals surface area contributed by atoms with Gasteiger partial charge in [-0.2, -0.15) is 0 Å². The fourth-order valence-electron chi connectivity index (χ4n) is 4.73. The van der Waals surface area contributed by atoms with Gasteiger partial charge in [-0.05, 0) is 55.4 Å². The van der Waals surface area contributed by atoms with Crippen molar-refractivity contribution < 1.29 is 0 Å². The van der Waals surface area contributed by atoms with E-state index < -0.39 is 0 Å². The Morgan fingerprint density at radius 2 is 2.00 bits per heavy atom. The summed E-state index contributed by atoms with van der Waals surface area (Å²) < 4.78 is 0. The molecule has 0 aromatic heterocycles. The average molecular weight is 209 g/mol. The first-order valence-corrected chi connectivity index (χ1v) is 6.71. The largest absolute Gasteiger partial charge is 0.313 e. The lowest BCUT2D eigenvalue weighted by Crippen LogP contribution is -2.44. The molecule has 1 N–H and O–H groups in total. The number of hydrogen-bond donors (Lipinski definition) is 1. The standard InChI is InChI=1S/C14H27N/c1-5-12-14(6-7-15-12)9-11(2)8-13(3,4)10-14/h11-12,15H,5-10H2,1-4H3. The van der Waals surface area contributed by atoms with E-state index in [9.17, 15) is 0 Å². The maximum atomic E-state index is 3.73. The summed E-state index contributed by atoms with van der Waals surface area (Å²) in [5.41, 5.74) is 1.20. The Kier molecular flexibility index (Phi) is 2.87. The van der Waals surface area contributed by atoms with Gasteiger partial charge in [0.1, 0.15) is 0 Å². The van der Waals surface area contributed by atoms with E-state index in [-0.39, 0.29) is 0 Å². The molecular formula is C14H27N. The third-order valence-electron chi connectivity index (χ3n) is 4.65. The Labute approximate surface area is 95.0 Å². The van der Waals surface area contributed by atoms with Gasteiger partial charge < -0.3 is 5.32 Å². The SMILES string of the molecule is CCC1NCCC12CC(C)CC(C)(C)C2. The molecule has 0 bridgehead atoms. The van der Waals surface area contributed by atoms with Crippen LogP contribution in [0.25, 0.3) is 0 Å². The minimum atomic E-state index is 0.567. The van der Waals surface area contributed by atoms with Crippen molar-refractivity contribution in [2.24, 2.45) is 16.7 Å². The van der Waals surface area contributed by atoms with E-state index in [1.54, 1.807) is 0 Å². The minimum absolute atomic E-state index is 0.567. The van der Waals surface area contributed by atoms with Gasteiger partial charge in [-0.25, -0.2) is 0 Å². The zero-order chi connectivity index (χ0) is 11.1. The lowest BCUT2D eigenvalue weighted by molar-refractivity contribution is 0.0357. The molecule has 3 unspecified atom stereocenters. The summed E-state index contributed by atoms with van der Waals surface area (Å²) in [4.78, 5) is 0. The molecule has 1 nitrogen and oxygen atoms in total. The van der Waals surface area contributed by atoms with Gasteiger partial charge in [0.05, 0.1) is 0 Å². The Hall–Kier alpha value is -0.0400. The summed E-state index contributed by atoms with van der Waals surface area (Å²) in [6.45, 7) is 11.0. The van der Waals surface area contributed by atoms with E-state index in [1.807, 2.05) is 0 Å². The average Bonchev–Trinajstić information content (AvgIpc) is 2.42. The Morgan fingerprint density at radius 1 is 1.27 bits per heavy atom. The lowest BCUT2D eigenvalue weighted by Gasteiger charge is -2.48. The van der Waals surface area contributed by atoms with Crippen molar-refractivity contribution in [1.29, 1.82) is 0 Å². The van der Waals surface area contributed by atoms with Gasteiger partial charge >= 0.3 is 0 Å². The highest BCUT2D eigenvalue weighted by Crippen LogP contribution is 2.54. The second-order valence-electron chi connectivity index (χ2n) is 6.88. The van der Waals surface area contributed by atoms with Gasteiger partial charge in [-0.1, -0.05) is 27.7 Å². The van der Waals surface area contributed by atoms with Crippen LogP contribution >= 0.6 is 0 Å². The molecule has 1 heterocycles. The van der Waals surface area contributed by atoms with Crippen LogP contribution in [0, 0.1) is 16.7 Å². The number of rotatable bonds is 1. The van der Waals surface area contributed by atoms with Crippen molar-refractivity contribution in [3.63, 3.8) is 0 Å². The van der Waals surface area contributed by atoms with E-state index in [4.69, 9.17) is 0 Å². The van der Waals surface area contributed by atoms with Crippen LogP contribution in [0.5, 0.6) is 0 Å². The molecule has 0 aromatic rings. The molecule has 0 aromatic carbocycles. The van der Waals surface area contributed by atoms with Gasteiger partial charge in [0.15, 0.2) is 0 Å². The van der Waals surface area contributed by atoms with Crippen LogP contribution in [0.1, 0.15) is 59.8 Å². The fraction of sp³-hybridized carbons (Fsp3) is 1.00. The van der Waals surface area contributed by atoms with Crippen molar-refractivity contribution >= 4 is 0 Å². The van der Waals surface area contributed by atoms with E-state index >= 15 is 0 Å². The normalized spacial score (nSPS) is 44.8. The molecular weight excluding hydrogens is 182 g/mol. The summed E-state index contributed by atoms with van der Waals surface area (Å²) >= 11 is 0. The van der Waals surface area contributed by atoms with E-state index in [1.165, 1.54) is 38.6 Å². The quantitative estimate of drug-likeness (QED) is 0.696. The molecule has 1 aliphatic heterocycles. The van der Waals surface area contributed by atoms with Gasteiger partial charge in [0.2, 0.25) is 0 Å². The minimum Gasteiger partial charge on any atom is -0.313 e. The monoisotopic (exact) mass is 209 g/mol. The van der Waals surface area contributed by atoms with Crippen molar-refractivity contribution in [3.8, 4) is 0 Å². The van der Waals surface area contributed by atoms with Crippen LogP contribution < -0.4 is 5.32 Å². The first kappa shape index (κ1) is 11.4. The predicted molar refractivity (Wildman–Crippen MR) is 65.9 cm³/mol. The van der Waals surface area contributed by atoms with Gasteiger partial charge in [-0.15, -0.1) is 0 Å². The number of hydrogen-bond acceptors (Lipinski definition) is 1. The smallest absolute Gasteiger partial charge is 0.0122 e. The maximum absolute atomic E-state index is 3.73. The number of nitrogens with one attached hydrogen (secondary N) is 1. The van der Waals surface area contributed by atoms with Gasteiger partial charge in [-0.3, -0.25) is 0 Å². The Bertz CT molecular complexity index is 233. The molecule has 1 saturated heterocycles. The summed E-state index contributed by atoms with van der Waals surface area (Å²) in [6.07, 6.45) is 7.05. The highest BCUT2D eigenvalue weighted by atomic mass is 15.0. The van der Waals surface area contributed by atoms with Crippen molar-refractivity contribution in [3.05, 3.63) is 0 Å². The van der Waals surface area contributed by atoms with Crippen molar-refractivity contribution in [1.82, 2.24) is 5.32 Å². The first-order valence-electron chi connectivity index (χ1n) is 6.71. The molecule has 1 aliphatic carbocycles. The maximum Gasteiger partial charge on any atom is 0.0122 e. The third kappa shape index (κ3) is 2.08. The molecule has 2 fully saturated rings. The second kappa shape index (κ2) is 3.76. The van der Waals surface area contributed by atoms with Crippen LogP contribution in [-0.2, 0) is 0 Å².